The molecule has 6 heteroatoms. The van der Waals surface area contributed by atoms with Gasteiger partial charge in [-0.3, -0.25) is 19.6 Å². The summed E-state index contributed by atoms with van der Waals surface area (Å²) in [5.74, 6) is -2.34. The molecule has 0 aromatic carbocycles. The highest BCUT2D eigenvalue weighted by Gasteiger charge is 2.33. The number of hydrogen-bond donors (Lipinski definition) is 2. The molecule has 1 amide bonds. The van der Waals surface area contributed by atoms with E-state index in [4.69, 9.17) is 5.11 Å². The fourth-order valence-electron chi connectivity index (χ4n) is 2.20. The number of aryl methyl sites for hydroxylation is 1. The Balaban J connectivity index is 1.95. The summed E-state index contributed by atoms with van der Waals surface area (Å²) in [5, 5.41) is 11.9. The van der Waals surface area contributed by atoms with Gasteiger partial charge in [-0.05, 0) is 19.8 Å². The van der Waals surface area contributed by atoms with E-state index in [1.54, 1.807) is 12.4 Å². The molecule has 6 nitrogen and oxygen atoms in total. The van der Waals surface area contributed by atoms with Crippen LogP contribution in [0.1, 0.15) is 24.2 Å². The highest BCUT2D eigenvalue weighted by atomic mass is 16.4. The molecule has 2 atom stereocenters. The molecule has 0 spiro atoms. The quantitative estimate of drug-likeness (QED) is 0.802. The molecule has 106 valence electrons. The average Bonchev–Trinajstić information content (AvgIpc) is 2.46. The summed E-state index contributed by atoms with van der Waals surface area (Å²) in [6, 6.07) is 0. The van der Waals surface area contributed by atoms with Crippen molar-refractivity contribution in [1.29, 1.82) is 0 Å². The van der Waals surface area contributed by atoms with Crippen LogP contribution in [0.25, 0.3) is 0 Å². The largest absolute Gasteiger partial charge is 0.481 e. The van der Waals surface area contributed by atoms with Crippen LogP contribution in [-0.2, 0) is 16.1 Å². The molecule has 1 aliphatic rings. The van der Waals surface area contributed by atoms with Crippen molar-refractivity contribution < 1.29 is 14.7 Å². The minimum absolute atomic E-state index is 0.246. The Morgan fingerprint density at radius 1 is 1.25 bits per heavy atom. The third-order valence-corrected chi connectivity index (χ3v) is 3.36. The fraction of sp³-hybridized carbons (Fsp3) is 0.429. The molecule has 2 rings (SSSR count). The topological polar surface area (TPSA) is 92.2 Å². The normalized spacial score (nSPS) is 21.4. The molecule has 20 heavy (non-hydrogen) atoms. The minimum atomic E-state index is -0.926. The third-order valence-electron chi connectivity index (χ3n) is 3.36. The molecule has 0 bridgehead atoms. The van der Waals surface area contributed by atoms with Gasteiger partial charge in [0.2, 0.25) is 5.91 Å². The molecule has 0 fully saturated rings. The first-order valence-corrected chi connectivity index (χ1v) is 6.51. The second-order valence-corrected chi connectivity index (χ2v) is 4.86. The van der Waals surface area contributed by atoms with Crippen molar-refractivity contribution in [2.75, 3.05) is 0 Å². The maximum atomic E-state index is 12.1. The standard InChI is InChI=1S/C14H17N3O3/c1-9-6-16-10(7-15-9)8-17-13(18)11-4-2-3-5-12(11)14(19)20/h2-3,6-7,11-12H,4-5,8H2,1H3,(H,17,18)(H,19,20)/t11-,12+/m1/s1. The van der Waals surface area contributed by atoms with Gasteiger partial charge in [0.15, 0.2) is 0 Å². The molecule has 0 radical (unpaired) electrons. The molecule has 1 aromatic heterocycles. The summed E-state index contributed by atoms with van der Waals surface area (Å²) in [5.41, 5.74) is 1.46. The summed E-state index contributed by atoms with van der Waals surface area (Å²) in [4.78, 5) is 31.5. The van der Waals surface area contributed by atoms with E-state index in [1.807, 2.05) is 19.1 Å². The number of hydrogen-bond acceptors (Lipinski definition) is 4. The molecule has 1 aromatic rings. The number of nitrogens with one attached hydrogen (secondary N) is 1. The molecular weight excluding hydrogens is 258 g/mol. The molecular formula is C14H17N3O3. The molecule has 0 saturated carbocycles. The first-order chi connectivity index (χ1) is 9.58. The second-order valence-electron chi connectivity index (χ2n) is 4.86. The Morgan fingerprint density at radius 3 is 2.55 bits per heavy atom. The van der Waals surface area contributed by atoms with Crippen molar-refractivity contribution in [3.8, 4) is 0 Å². The van der Waals surface area contributed by atoms with Crippen LogP contribution in [0.15, 0.2) is 24.5 Å². The van der Waals surface area contributed by atoms with Crippen LogP contribution in [0.3, 0.4) is 0 Å². The first-order valence-electron chi connectivity index (χ1n) is 6.51. The first kappa shape index (κ1) is 14.2. The number of rotatable bonds is 4. The Kier molecular flexibility index (Phi) is 4.45. The van der Waals surface area contributed by atoms with E-state index in [0.29, 0.717) is 18.5 Å². The van der Waals surface area contributed by atoms with Gasteiger partial charge in [-0.2, -0.15) is 0 Å². The van der Waals surface area contributed by atoms with Crippen LogP contribution in [0.4, 0.5) is 0 Å². The Labute approximate surface area is 116 Å². The lowest BCUT2D eigenvalue weighted by Crippen LogP contribution is -2.38. The molecule has 0 unspecified atom stereocenters. The van der Waals surface area contributed by atoms with Crippen LogP contribution in [0.5, 0.6) is 0 Å². The smallest absolute Gasteiger partial charge is 0.307 e. The highest BCUT2D eigenvalue weighted by molar-refractivity contribution is 5.85. The molecule has 2 N–H and O–H groups in total. The molecule has 0 aliphatic heterocycles. The lowest BCUT2D eigenvalue weighted by atomic mass is 9.82. The minimum Gasteiger partial charge on any atom is -0.481 e. The van der Waals surface area contributed by atoms with E-state index < -0.39 is 17.8 Å². The number of carbonyl (C=O) groups excluding carboxylic acids is 1. The average molecular weight is 275 g/mol. The molecule has 1 aliphatic carbocycles. The number of nitrogens with zero attached hydrogens (tertiary/aromatic N) is 2. The number of amides is 1. The lowest BCUT2D eigenvalue weighted by molar-refractivity contribution is -0.147. The lowest BCUT2D eigenvalue weighted by Gasteiger charge is -2.24. The van der Waals surface area contributed by atoms with Crippen molar-refractivity contribution >= 4 is 11.9 Å². The molecule has 1 heterocycles. The maximum Gasteiger partial charge on any atom is 0.307 e. The van der Waals surface area contributed by atoms with Gasteiger partial charge in [-0.25, -0.2) is 0 Å². The van der Waals surface area contributed by atoms with Gasteiger partial charge in [0, 0.05) is 6.20 Å². The second kappa shape index (κ2) is 6.27. The van der Waals surface area contributed by atoms with Crippen LogP contribution >= 0.6 is 0 Å². The van der Waals surface area contributed by atoms with E-state index in [9.17, 15) is 9.59 Å². The molecule has 0 saturated heterocycles. The number of aromatic nitrogens is 2. The van der Waals surface area contributed by atoms with Crippen molar-refractivity contribution in [3.63, 3.8) is 0 Å². The van der Waals surface area contributed by atoms with Gasteiger partial charge in [0.1, 0.15) is 0 Å². The van der Waals surface area contributed by atoms with Crippen LogP contribution in [-0.4, -0.2) is 27.0 Å². The van der Waals surface area contributed by atoms with E-state index >= 15 is 0 Å². The summed E-state index contributed by atoms with van der Waals surface area (Å²) in [6.45, 7) is 2.10. The fourth-order valence-corrected chi connectivity index (χ4v) is 2.20. The number of carbonyl (C=O) groups is 2. The van der Waals surface area contributed by atoms with E-state index in [2.05, 4.69) is 15.3 Å². The Bertz CT molecular complexity index is 525. The van der Waals surface area contributed by atoms with Gasteiger partial charge >= 0.3 is 5.97 Å². The zero-order chi connectivity index (χ0) is 14.5. The van der Waals surface area contributed by atoms with Crippen molar-refractivity contribution in [2.45, 2.75) is 26.3 Å². The Hall–Kier alpha value is -2.24. The number of aliphatic carboxylic acids is 1. The van der Waals surface area contributed by atoms with E-state index in [0.717, 1.165) is 5.69 Å². The van der Waals surface area contributed by atoms with Crippen molar-refractivity contribution in [1.82, 2.24) is 15.3 Å². The van der Waals surface area contributed by atoms with Gasteiger partial charge in [-0.15, -0.1) is 0 Å². The maximum absolute atomic E-state index is 12.1. The number of carboxylic acids is 1. The number of carboxylic acid groups (broad SMARTS) is 1. The summed E-state index contributed by atoms with van der Waals surface area (Å²) in [7, 11) is 0. The predicted octanol–water partition coefficient (Wildman–Crippen LogP) is 1.07. The van der Waals surface area contributed by atoms with E-state index in [-0.39, 0.29) is 12.5 Å². The predicted molar refractivity (Wildman–Crippen MR) is 71.6 cm³/mol. The van der Waals surface area contributed by atoms with Gasteiger partial charge in [0.25, 0.3) is 0 Å². The van der Waals surface area contributed by atoms with Crippen molar-refractivity contribution in [2.24, 2.45) is 11.8 Å². The van der Waals surface area contributed by atoms with Gasteiger partial charge in [-0.1, -0.05) is 12.2 Å². The monoisotopic (exact) mass is 275 g/mol. The SMILES string of the molecule is Cc1cnc(CNC(=O)[C@@H]2CC=CC[C@@H]2C(=O)O)cn1. The third kappa shape index (κ3) is 3.40. The zero-order valence-electron chi connectivity index (χ0n) is 11.2. The zero-order valence-corrected chi connectivity index (χ0v) is 11.2. The summed E-state index contributed by atoms with van der Waals surface area (Å²) in [6.07, 6.45) is 7.76. The summed E-state index contributed by atoms with van der Waals surface area (Å²) >= 11 is 0. The van der Waals surface area contributed by atoms with E-state index in [1.165, 1.54) is 0 Å². The summed E-state index contributed by atoms with van der Waals surface area (Å²) < 4.78 is 0. The van der Waals surface area contributed by atoms with Crippen molar-refractivity contribution in [3.05, 3.63) is 35.9 Å². The van der Waals surface area contributed by atoms with Crippen LogP contribution in [0, 0.1) is 18.8 Å². The number of allylic oxidation sites excluding steroid dienone is 2. The highest BCUT2D eigenvalue weighted by Crippen LogP contribution is 2.26. The van der Waals surface area contributed by atoms with Gasteiger partial charge in [0.05, 0.1) is 36.0 Å². The van der Waals surface area contributed by atoms with Gasteiger partial charge < -0.3 is 10.4 Å². The van der Waals surface area contributed by atoms with Crippen LogP contribution < -0.4 is 5.32 Å². The Morgan fingerprint density at radius 2 is 1.95 bits per heavy atom. The van der Waals surface area contributed by atoms with Crippen LogP contribution in [0.2, 0.25) is 0 Å².